The molecule has 1 spiro atoms. The lowest BCUT2D eigenvalue weighted by atomic mass is 9.68. The van der Waals surface area contributed by atoms with E-state index in [-0.39, 0.29) is 0 Å². The number of likely N-dealkylation sites (tertiary alicyclic amines) is 1. The molecule has 2 saturated heterocycles. The first-order valence-electron chi connectivity index (χ1n) is 10.7. The third kappa shape index (κ3) is 3.52. The molecule has 0 radical (unpaired) electrons. The zero-order valence-electron chi connectivity index (χ0n) is 16.4. The summed E-state index contributed by atoms with van der Waals surface area (Å²) in [6.07, 6.45) is 6.51. The molecule has 3 heterocycles. The Balaban J connectivity index is 1.33. The van der Waals surface area contributed by atoms with Gasteiger partial charge in [0, 0.05) is 32.2 Å². The molecule has 3 fully saturated rings. The van der Waals surface area contributed by atoms with Crippen molar-refractivity contribution in [2.75, 3.05) is 31.1 Å². The summed E-state index contributed by atoms with van der Waals surface area (Å²) in [5.74, 6) is 1.62. The Labute approximate surface area is 167 Å². The molecule has 1 atom stereocenters. The molecule has 3 aliphatic rings. The number of nitrogens with zero attached hydrogens (tertiary/aromatic N) is 4. The van der Waals surface area contributed by atoms with E-state index in [1.54, 1.807) is 6.07 Å². The van der Waals surface area contributed by atoms with Crippen LogP contribution in [0.4, 0.5) is 5.82 Å². The van der Waals surface area contributed by atoms with E-state index >= 15 is 0 Å². The summed E-state index contributed by atoms with van der Waals surface area (Å²) in [4.78, 5) is 9.69. The maximum atomic E-state index is 9.15. The summed E-state index contributed by atoms with van der Waals surface area (Å²) >= 11 is 0. The van der Waals surface area contributed by atoms with Crippen LogP contribution >= 0.6 is 0 Å². The fourth-order valence-corrected chi connectivity index (χ4v) is 5.33. The summed E-state index contributed by atoms with van der Waals surface area (Å²) in [6, 6.07) is 19.9. The monoisotopic (exact) mass is 372 g/mol. The zero-order valence-corrected chi connectivity index (χ0v) is 16.4. The molecule has 28 heavy (non-hydrogen) atoms. The van der Waals surface area contributed by atoms with Gasteiger partial charge in [-0.15, -0.1) is 0 Å². The highest BCUT2D eigenvalue weighted by atomic mass is 15.2. The minimum Gasteiger partial charge on any atom is -0.357 e. The number of pyridine rings is 1. The van der Waals surface area contributed by atoms with E-state index < -0.39 is 0 Å². The van der Waals surface area contributed by atoms with E-state index in [2.05, 4.69) is 51.2 Å². The summed E-state index contributed by atoms with van der Waals surface area (Å²) < 4.78 is 0. The maximum absolute atomic E-state index is 9.15. The first-order valence-corrected chi connectivity index (χ1v) is 10.7. The predicted molar refractivity (Wildman–Crippen MR) is 111 cm³/mol. The van der Waals surface area contributed by atoms with E-state index in [1.807, 2.05) is 12.1 Å². The van der Waals surface area contributed by atoms with Gasteiger partial charge in [0.25, 0.3) is 0 Å². The topological polar surface area (TPSA) is 43.2 Å². The highest BCUT2D eigenvalue weighted by molar-refractivity contribution is 5.42. The predicted octanol–water partition coefficient (Wildman–Crippen LogP) is 4.19. The SMILES string of the molecule is N#Cc1cccc(N2CCC3(CC2)C[C@@H](c2ccccc2)CN(C2CC2)C3)n1. The van der Waals surface area contributed by atoms with Crippen molar-refractivity contribution in [3.63, 3.8) is 0 Å². The molecule has 4 nitrogen and oxygen atoms in total. The van der Waals surface area contributed by atoms with Gasteiger partial charge in [0.15, 0.2) is 0 Å². The molecule has 2 aromatic rings. The van der Waals surface area contributed by atoms with Gasteiger partial charge in [0.05, 0.1) is 0 Å². The number of nitriles is 1. The van der Waals surface area contributed by atoms with E-state index in [0.717, 1.165) is 24.9 Å². The van der Waals surface area contributed by atoms with E-state index in [9.17, 15) is 0 Å². The van der Waals surface area contributed by atoms with Crippen molar-refractivity contribution >= 4 is 5.82 Å². The van der Waals surface area contributed by atoms with Crippen LogP contribution in [0, 0.1) is 16.7 Å². The van der Waals surface area contributed by atoms with Crippen molar-refractivity contribution < 1.29 is 0 Å². The van der Waals surface area contributed by atoms with E-state index in [1.165, 1.54) is 50.8 Å². The average molecular weight is 373 g/mol. The molecule has 1 aromatic heterocycles. The highest BCUT2D eigenvalue weighted by Gasteiger charge is 2.45. The summed E-state index contributed by atoms with van der Waals surface area (Å²) in [6.45, 7) is 4.58. The number of hydrogen-bond donors (Lipinski definition) is 0. The van der Waals surface area contributed by atoms with Gasteiger partial charge in [-0.2, -0.15) is 5.26 Å². The molecule has 2 aliphatic heterocycles. The molecule has 1 aliphatic carbocycles. The molecule has 1 aromatic carbocycles. The van der Waals surface area contributed by atoms with Crippen molar-refractivity contribution in [3.8, 4) is 6.07 Å². The molecule has 1 saturated carbocycles. The molecule has 0 unspecified atom stereocenters. The Bertz CT molecular complexity index is 860. The molecule has 4 heteroatoms. The highest BCUT2D eigenvalue weighted by Crippen LogP contribution is 2.47. The standard InChI is InChI=1S/C24H28N4/c25-16-21-7-4-8-23(26-21)27-13-11-24(12-14-27)15-20(19-5-2-1-3-6-19)17-28(18-24)22-9-10-22/h1-8,20,22H,9-15,17-18H2/t20-/m1/s1. The Morgan fingerprint density at radius 2 is 1.79 bits per heavy atom. The second-order valence-electron chi connectivity index (χ2n) is 8.95. The lowest BCUT2D eigenvalue weighted by Gasteiger charge is -2.51. The second-order valence-corrected chi connectivity index (χ2v) is 8.95. The Kier molecular flexibility index (Phi) is 4.56. The molecule has 144 valence electrons. The van der Waals surface area contributed by atoms with E-state index in [4.69, 9.17) is 5.26 Å². The van der Waals surface area contributed by atoms with Gasteiger partial charge in [0.2, 0.25) is 0 Å². The largest absolute Gasteiger partial charge is 0.357 e. The Morgan fingerprint density at radius 1 is 1.00 bits per heavy atom. The fourth-order valence-electron chi connectivity index (χ4n) is 5.33. The Morgan fingerprint density at radius 3 is 2.50 bits per heavy atom. The van der Waals surface area contributed by atoms with Gasteiger partial charge in [0.1, 0.15) is 17.6 Å². The van der Waals surface area contributed by atoms with Crippen LogP contribution in [0.2, 0.25) is 0 Å². The summed E-state index contributed by atoms with van der Waals surface area (Å²) in [7, 11) is 0. The third-order valence-electron chi connectivity index (χ3n) is 7.00. The van der Waals surface area contributed by atoms with E-state index in [0.29, 0.717) is 17.0 Å². The maximum Gasteiger partial charge on any atom is 0.142 e. The normalized spacial score (nSPS) is 24.8. The van der Waals surface area contributed by atoms with Crippen molar-refractivity contribution in [2.24, 2.45) is 5.41 Å². The third-order valence-corrected chi connectivity index (χ3v) is 7.00. The van der Waals surface area contributed by atoms with Gasteiger partial charge in [-0.3, -0.25) is 4.90 Å². The van der Waals surface area contributed by atoms with Crippen LogP contribution in [0.15, 0.2) is 48.5 Å². The van der Waals surface area contributed by atoms with Crippen LogP contribution < -0.4 is 4.90 Å². The average Bonchev–Trinajstić information content (AvgIpc) is 3.60. The second kappa shape index (κ2) is 7.22. The Hall–Kier alpha value is -2.38. The van der Waals surface area contributed by atoms with Gasteiger partial charge in [-0.05, 0) is 61.1 Å². The number of hydrogen-bond acceptors (Lipinski definition) is 4. The first kappa shape index (κ1) is 17.7. The van der Waals surface area contributed by atoms with Crippen molar-refractivity contribution in [2.45, 2.75) is 44.1 Å². The molecular formula is C24H28N4. The summed E-state index contributed by atoms with van der Waals surface area (Å²) in [5.41, 5.74) is 2.45. The summed E-state index contributed by atoms with van der Waals surface area (Å²) in [5, 5.41) is 9.15. The van der Waals surface area contributed by atoms with Crippen LogP contribution in [0.1, 0.15) is 49.3 Å². The number of anilines is 1. The van der Waals surface area contributed by atoms with Crippen LogP contribution in [0.25, 0.3) is 0 Å². The zero-order chi connectivity index (χ0) is 19.0. The van der Waals surface area contributed by atoms with Gasteiger partial charge >= 0.3 is 0 Å². The van der Waals surface area contributed by atoms with Gasteiger partial charge < -0.3 is 4.90 Å². The van der Waals surface area contributed by atoms with Crippen LogP contribution in [0.5, 0.6) is 0 Å². The van der Waals surface area contributed by atoms with Crippen LogP contribution in [0.3, 0.4) is 0 Å². The van der Waals surface area contributed by atoms with Crippen molar-refractivity contribution in [3.05, 3.63) is 59.8 Å². The first-order chi connectivity index (χ1) is 13.7. The lowest BCUT2D eigenvalue weighted by Crippen LogP contribution is -2.52. The molecule has 5 rings (SSSR count). The van der Waals surface area contributed by atoms with Gasteiger partial charge in [-0.25, -0.2) is 4.98 Å². The molecule has 0 amide bonds. The number of benzene rings is 1. The van der Waals surface area contributed by atoms with Crippen LogP contribution in [-0.2, 0) is 0 Å². The minimum atomic E-state index is 0.421. The fraction of sp³-hybridized carbons (Fsp3) is 0.500. The van der Waals surface area contributed by atoms with Crippen molar-refractivity contribution in [1.82, 2.24) is 9.88 Å². The number of piperidine rings is 2. The molecule has 0 bridgehead atoms. The number of rotatable bonds is 3. The van der Waals surface area contributed by atoms with Crippen LogP contribution in [-0.4, -0.2) is 42.1 Å². The molecule has 0 N–H and O–H groups in total. The minimum absolute atomic E-state index is 0.421. The number of aromatic nitrogens is 1. The quantitative estimate of drug-likeness (QED) is 0.810. The lowest BCUT2D eigenvalue weighted by molar-refractivity contribution is 0.0460. The smallest absolute Gasteiger partial charge is 0.142 e. The van der Waals surface area contributed by atoms with Crippen molar-refractivity contribution in [1.29, 1.82) is 5.26 Å². The van der Waals surface area contributed by atoms with Gasteiger partial charge in [-0.1, -0.05) is 36.4 Å². The molecular weight excluding hydrogens is 344 g/mol.